The Kier molecular flexibility index (Phi) is 4.54. The molecule has 1 N–H and O–H groups in total. The molecule has 0 spiro atoms. The van der Waals surface area contributed by atoms with Gasteiger partial charge in [-0.2, -0.15) is 0 Å². The molecular weight excluding hydrogens is 261 g/mol. The van der Waals surface area contributed by atoms with Gasteiger partial charge in [-0.15, -0.1) is 11.3 Å². The van der Waals surface area contributed by atoms with Gasteiger partial charge in [-0.1, -0.05) is 43.0 Å². The van der Waals surface area contributed by atoms with Crippen LogP contribution in [0.4, 0.5) is 0 Å². The summed E-state index contributed by atoms with van der Waals surface area (Å²) < 4.78 is 1.63. The molecule has 0 bridgehead atoms. The molecular formula is C12H17Cl2NS. The monoisotopic (exact) mass is 277 g/mol. The molecule has 1 aromatic rings. The lowest BCUT2D eigenvalue weighted by molar-refractivity contribution is 0.483. The van der Waals surface area contributed by atoms with E-state index in [1.54, 1.807) is 0 Å². The molecule has 1 aliphatic carbocycles. The first-order chi connectivity index (χ1) is 7.70. The van der Waals surface area contributed by atoms with Crippen molar-refractivity contribution < 1.29 is 0 Å². The lowest BCUT2D eigenvalue weighted by Gasteiger charge is -2.17. The van der Waals surface area contributed by atoms with E-state index >= 15 is 0 Å². The van der Waals surface area contributed by atoms with E-state index in [0.29, 0.717) is 6.04 Å². The van der Waals surface area contributed by atoms with Crippen LogP contribution < -0.4 is 5.32 Å². The Labute approximate surface area is 111 Å². The van der Waals surface area contributed by atoms with Crippen molar-refractivity contribution in [2.75, 3.05) is 6.54 Å². The third-order valence-electron chi connectivity index (χ3n) is 3.07. The molecule has 0 aliphatic heterocycles. The fourth-order valence-electron chi connectivity index (χ4n) is 2.01. The Morgan fingerprint density at radius 1 is 1.50 bits per heavy atom. The van der Waals surface area contributed by atoms with E-state index in [0.717, 1.165) is 21.1 Å². The van der Waals surface area contributed by atoms with E-state index in [-0.39, 0.29) is 0 Å². The highest BCUT2D eigenvalue weighted by Gasteiger charge is 2.24. The second-order valence-electron chi connectivity index (χ2n) is 4.41. The Bertz CT molecular complexity index is 347. The standard InChI is InChI=1S/C12H17Cl2NS/c1-2-15-10(6-5-8-3-4-8)9-7-11(13)16-12(9)14/h7-8,10,15H,2-6H2,1H3. The fourth-order valence-corrected chi connectivity index (χ4v) is 3.59. The van der Waals surface area contributed by atoms with Crippen LogP contribution in [-0.4, -0.2) is 6.54 Å². The Morgan fingerprint density at radius 2 is 2.25 bits per heavy atom. The van der Waals surface area contributed by atoms with E-state index < -0.39 is 0 Å². The molecule has 2 rings (SSSR count). The van der Waals surface area contributed by atoms with Crippen LogP contribution in [0.15, 0.2) is 6.07 Å². The first kappa shape index (κ1) is 12.7. The maximum Gasteiger partial charge on any atom is 0.0991 e. The van der Waals surface area contributed by atoms with Crippen molar-refractivity contribution in [2.24, 2.45) is 5.92 Å². The molecule has 4 heteroatoms. The molecule has 16 heavy (non-hydrogen) atoms. The van der Waals surface area contributed by atoms with Crippen molar-refractivity contribution in [3.8, 4) is 0 Å². The van der Waals surface area contributed by atoms with Crippen LogP contribution >= 0.6 is 34.5 Å². The van der Waals surface area contributed by atoms with Gasteiger partial charge in [0.1, 0.15) is 0 Å². The number of rotatable bonds is 6. The van der Waals surface area contributed by atoms with E-state index in [1.807, 2.05) is 6.07 Å². The summed E-state index contributed by atoms with van der Waals surface area (Å²) in [5.74, 6) is 0.967. The van der Waals surface area contributed by atoms with Gasteiger partial charge in [-0.05, 0) is 31.4 Å². The minimum absolute atomic E-state index is 0.377. The van der Waals surface area contributed by atoms with Crippen LogP contribution in [0.1, 0.15) is 44.2 Å². The van der Waals surface area contributed by atoms with E-state index in [1.165, 1.54) is 42.6 Å². The highest BCUT2D eigenvalue weighted by molar-refractivity contribution is 7.20. The van der Waals surface area contributed by atoms with Crippen LogP contribution in [-0.2, 0) is 0 Å². The zero-order valence-electron chi connectivity index (χ0n) is 9.43. The predicted octanol–water partition coefficient (Wildman–Crippen LogP) is 4.90. The summed E-state index contributed by atoms with van der Waals surface area (Å²) in [7, 11) is 0. The lowest BCUT2D eigenvalue weighted by Crippen LogP contribution is -2.20. The smallest absolute Gasteiger partial charge is 0.0991 e. The molecule has 1 aliphatic rings. The van der Waals surface area contributed by atoms with Gasteiger partial charge in [0.2, 0.25) is 0 Å². The Balaban J connectivity index is 2.01. The lowest BCUT2D eigenvalue weighted by atomic mass is 10.0. The van der Waals surface area contributed by atoms with Gasteiger partial charge < -0.3 is 5.32 Å². The van der Waals surface area contributed by atoms with Gasteiger partial charge >= 0.3 is 0 Å². The van der Waals surface area contributed by atoms with Crippen LogP contribution in [0.25, 0.3) is 0 Å². The second kappa shape index (κ2) is 5.72. The highest BCUT2D eigenvalue weighted by atomic mass is 35.5. The number of hydrogen-bond acceptors (Lipinski definition) is 2. The fraction of sp³-hybridized carbons (Fsp3) is 0.667. The summed E-state index contributed by atoms with van der Waals surface area (Å²) >= 11 is 13.7. The molecule has 0 saturated heterocycles. The Hall–Kier alpha value is 0.240. The molecule has 1 nitrogen and oxygen atoms in total. The minimum atomic E-state index is 0.377. The quantitative estimate of drug-likeness (QED) is 0.780. The SMILES string of the molecule is CCNC(CCC1CC1)c1cc(Cl)sc1Cl. The van der Waals surface area contributed by atoms with Crippen LogP contribution in [0, 0.1) is 5.92 Å². The molecule has 1 atom stereocenters. The maximum atomic E-state index is 6.20. The first-order valence-electron chi connectivity index (χ1n) is 5.88. The number of thiophene rings is 1. The maximum absolute atomic E-state index is 6.20. The topological polar surface area (TPSA) is 12.0 Å². The van der Waals surface area contributed by atoms with Crippen molar-refractivity contribution in [1.82, 2.24) is 5.32 Å². The van der Waals surface area contributed by atoms with Crippen LogP contribution in [0.3, 0.4) is 0 Å². The summed E-state index contributed by atoms with van der Waals surface area (Å²) in [5.41, 5.74) is 1.18. The predicted molar refractivity (Wildman–Crippen MR) is 72.7 cm³/mol. The minimum Gasteiger partial charge on any atom is -0.310 e. The van der Waals surface area contributed by atoms with Gasteiger partial charge in [-0.3, -0.25) is 0 Å². The zero-order chi connectivity index (χ0) is 11.5. The molecule has 90 valence electrons. The summed E-state index contributed by atoms with van der Waals surface area (Å²) in [6.07, 6.45) is 5.31. The first-order valence-corrected chi connectivity index (χ1v) is 7.46. The highest BCUT2D eigenvalue weighted by Crippen LogP contribution is 2.40. The van der Waals surface area contributed by atoms with Gasteiger partial charge in [0.15, 0.2) is 0 Å². The summed E-state index contributed by atoms with van der Waals surface area (Å²) in [4.78, 5) is 0. The second-order valence-corrected chi connectivity index (χ2v) is 6.70. The van der Waals surface area contributed by atoms with E-state index in [2.05, 4.69) is 12.2 Å². The molecule has 0 aromatic carbocycles. The van der Waals surface area contributed by atoms with Crippen molar-refractivity contribution >= 4 is 34.5 Å². The zero-order valence-corrected chi connectivity index (χ0v) is 11.8. The van der Waals surface area contributed by atoms with E-state index in [4.69, 9.17) is 23.2 Å². The van der Waals surface area contributed by atoms with Gasteiger partial charge in [-0.25, -0.2) is 0 Å². The van der Waals surface area contributed by atoms with Crippen molar-refractivity contribution in [2.45, 2.75) is 38.6 Å². The van der Waals surface area contributed by atoms with Gasteiger partial charge in [0, 0.05) is 11.6 Å². The molecule has 0 amide bonds. The number of halogens is 2. The molecule has 1 saturated carbocycles. The average molecular weight is 278 g/mol. The third-order valence-corrected chi connectivity index (χ3v) is 4.59. The van der Waals surface area contributed by atoms with Crippen LogP contribution in [0.2, 0.25) is 8.67 Å². The van der Waals surface area contributed by atoms with Crippen molar-refractivity contribution in [3.05, 3.63) is 20.3 Å². The van der Waals surface area contributed by atoms with Gasteiger partial charge in [0.25, 0.3) is 0 Å². The largest absolute Gasteiger partial charge is 0.310 e. The van der Waals surface area contributed by atoms with Crippen LogP contribution in [0.5, 0.6) is 0 Å². The van der Waals surface area contributed by atoms with Crippen molar-refractivity contribution in [3.63, 3.8) is 0 Å². The van der Waals surface area contributed by atoms with E-state index in [9.17, 15) is 0 Å². The summed E-state index contributed by atoms with van der Waals surface area (Å²) in [5, 5.41) is 3.50. The number of nitrogens with one attached hydrogen (secondary N) is 1. The molecule has 0 radical (unpaired) electrons. The number of hydrogen-bond donors (Lipinski definition) is 1. The Morgan fingerprint density at radius 3 is 2.75 bits per heavy atom. The van der Waals surface area contributed by atoms with Crippen molar-refractivity contribution in [1.29, 1.82) is 0 Å². The molecule has 1 heterocycles. The molecule has 1 unspecified atom stereocenters. The molecule has 1 aromatic heterocycles. The normalized spacial score (nSPS) is 17.7. The average Bonchev–Trinajstić information content (AvgIpc) is 2.99. The third kappa shape index (κ3) is 3.36. The van der Waals surface area contributed by atoms with Gasteiger partial charge in [0.05, 0.1) is 8.67 Å². The summed E-state index contributed by atoms with van der Waals surface area (Å²) in [6.45, 7) is 3.10. The summed E-state index contributed by atoms with van der Waals surface area (Å²) in [6, 6.07) is 2.39. The molecule has 1 fully saturated rings.